The first kappa shape index (κ1) is 17.7. The highest BCUT2D eigenvalue weighted by Gasteiger charge is 2.21. The second kappa shape index (κ2) is 7.59. The van der Waals surface area contributed by atoms with Crippen LogP contribution in [-0.2, 0) is 0 Å². The largest absolute Gasteiger partial charge is 0.497 e. The molecule has 146 valence electrons. The molecule has 0 aliphatic carbocycles. The van der Waals surface area contributed by atoms with Gasteiger partial charge in [0.2, 0.25) is 0 Å². The molecule has 5 rings (SSSR count). The van der Waals surface area contributed by atoms with Crippen LogP contribution in [0.15, 0.2) is 67.1 Å². The van der Waals surface area contributed by atoms with Gasteiger partial charge in [-0.1, -0.05) is 30.3 Å². The van der Waals surface area contributed by atoms with Crippen LogP contribution in [0.3, 0.4) is 0 Å². The molecule has 0 saturated carbocycles. The summed E-state index contributed by atoms with van der Waals surface area (Å²) in [6, 6.07) is 18.6. The number of methoxy groups -OCH3 is 1. The molecule has 2 aromatic carbocycles. The number of benzene rings is 2. The Morgan fingerprint density at radius 2 is 1.62 bits per heavy atom. The van der Waals surface area contributed by atoms with E-state index in [2.05, 4.69) is 52.1 Å². The second-order valence-electron chi connectivity index (χ2n) is 7.42. The minimum atomic E-state index is 0.845. The summed E-state index contributed by atoms with van der Waals surface area (Å²) in [5, 5.41) is 1.12. The minimum absolute atomic E-state index is 0.845. The molecule has 0 atom stereocenters. The molecule has 1 aliphatic rings. The van der Waals surface area contributed by atoms with Crippen molar-refractivity contribution < 1.29 is 4.74 Å². The molecule has 0 bridgehead atoms. The number of hydrogen-bond acceptors (Lipinski definition) is 4. The van der Waals surface area contributed by atoms with Gasteiger partial charge in [-0.3, -0.25) is 0 Å². The summed E-state index contributed by atoms with van der Waals surface area (Å²) in [5.41, 5.74) is 4.33. The summed E-state index contributed by atoms with van der Waals surface area (Å²) >= 11 is 0. The van der Waals surface area contributed by atoms with E-state index in [0.717, 1.165) is 46.9 Å². The Bertz CT molecular complexity index is 1110. The molecule has 0 amide bonds. The third kappa shape index (κ3) is 3.23. The lowest BCUT2D eigenvalue weighted by molar-refractivity contribution is 0.415. The van der Waals surface area contributed by atoms with E-state index in [1.165, 1.54) is 24.8 Å². The van der Waals surface area contributed by atoms with E-state index < -0.39 is 0 Å². The first-order chi connectivity index (χ1) is 14.3. The zero-order valence-electron chi connectivity index (χ0n) is 16.6. The van der Waals surface area contributed by atoms with Crippen LogP contribution in [0.25, 0.3) is 27.8 Å². The number of piperidine rings is 1. The molecule has 1 aliphatic heterocycles. The first-order valence-electron chi connectivity index (χ1n) is 10.2. The topological polar surface area (TPSA) is 43.2 Å². The SMILES string of the molecule is COc1ccc(-n2cc(-c3ccccc3)c3c(N4CCCCC4)ncnc32)cc1. The summed E-state index contributed by atoms with van der Waals surface area (Å²) in [6.45, 7) is 2.10. The average molecular weight is 384 g/mol. The van der Waals surface area contributed by atoms with Crippen LogP contribution >= 0.6 is 0 Å². The summed E-state index contributed by atoms with van der Waals surface area (Å²) in [5.74, 6) is 1.89. The van der Waals surface area contributed by atoms with Gasteiger partial charge in [-0.2, -0.15) is 0 Å². The molecule has 4 aromatic rings. The molecule has 1 fully saturated rings. The predicted molar refractivity (Wildman–Crippen MR) is 117 cm³/mol. The number of anilines is 1. The van der Waals surface area contributed by atoms with Gasteiger partial charge in [0.05, 0.1) is 12.5 Å². The zero-order valence-corrected chi connectivity index (χ0v) is 16.6. The van der Waals surface area contributed by atoms with Gasteiger partial charge in [0.15, 0.2) is 5.65 Å². The first-order valence-corrected chi connectivity index (χ1v) is 10.2. The van der Waals surface area contributed by atoms with Crippen molar-refractivity contribution in [3.63, 3.8) is 0 Å². The van der Waals surface area contributed by atoms with Crippen molar-refractivity contribution >= 4 is 16.9 Å². The Labute approximate surface area is 170 Å². The number of fused-ring (bicyclic) bond motifs is 1. The number of aromatic nitrogens is 3. The van der Waals surface area contributed by atoms with Crippen molar-refractivity contribution in [2.45, 2.75) is 19.3 Å². The Morgan fingerprint density at radius 1 is 0.862 bits per heavy atom. The van der Waals surface area contributed by atoms with Crippen LogP contribution in [0.5, 0.6) is 5.75 Å². The average Bonchev–Trinajstić information content (AvgIpc) is 3.20. The maximum Gasteiger partial charge on any atom is 0.150 e. The molecular weight excluding hydrogens is 360 g/mol. The number of hydrogen-bond donors (Lipinski definition) is 0. The van der Waals surface area contributed by atoms with E-state index in [0.29, 0.717) is 0 Å². The molecule has 29 heavy (non-hydrogen) atoms. The van der Waals surface area contributed by atoms with E-state index in [4.69, 9.17) is 14.7 Å². The van der Waals surface area contributed by atoms with Gasteiger partial charge in [-0.15, -0.1) is 0 Å². The minimum Gasteiger partial charge on any atom is -0.497 e. The maximum absolute atomic E-state index is 5.32. The highest BCUT2D eigenvalue weighted by molar-refractivity contribution is 6.02. The fourth-order valence-electron chi connectivity index (χ4n) is 4.17. The molecule has 0 radical (unpaired) electrons. The van der Waals surface area contributed by atoms with Crippen LogP contribution in [0, 0.1) is 0 Å². The summed E-state index contributed by atoms with van der Waals surface area (Å²) in [4.78, 5) is 11.8. The van der Waals surface area contributed by atoms with Gasteiger partial charge in [0, 0.05) is 30.5 Å². The quantitative estimate of drug-likeness (QED) is 0.492. The third-order valence-corrected chi connectivity index (χ3v) is 5.65. The van der Waals surface area contributed by atoms with Crippen LogP contribution in [0.2, 0.25) is 0 Å². The molecule has 0 spiro atoms. The molecule has 5 heteroatoms. The molecule has 2 aromatic heterocycles. The van der Waals surface area contributed by atoms with Crippen LogP contribution in [0.4, 0.5) is 5.82 Å². The maximum atomic E-state index is 5.32. The van der Waals surface area contributed by atoms with Crippen molar-refractivity contribution in [2.24, 2.45) is 0 Å². The van der Waals surface area contributed by atoms with Gasteiger partial charge in [-0.05, 0) is 49.1 Å². The molecular formula is C24H24N4O. The molecule has 3 heterocycles. The van der Waals surface area contributed by atoms with Gasteiger partial charge >= 0.3 is 0 Å². The molecule has 0 unspecified atom stereocenters. The number of ether oxygens (including phenoxy) is 1. The van der Waals surface area contributed by atoms with Crippen LogP contribution < -0.4 is 9.64 Å². The standard InChI is InChI=1S/C24H24N4O/c1-29-20-12-10-19(11-13-20)28-16-21(18-8-4-2-5-9-18)22-23(25-17-26-24(22)28)27-14-6-3-7-15-27/h2,4-5,8-13,16-17H,3,6-7,14-15H2,1H3. The third-order valence-electron chi connectivity index (χ3n) is 5.65. The molecule has 0 N–H and O–H groups in total. The van der Waals surface area contributed by atoms with Gasteiger partial charge in [-0.25, -0.2) is 9.97 Å². The van der Waals surface area contributed by atoms with Gasteiger partial charge in [0.25, 0.3) is 0 Å². The number of nitrogens with zero attached hydrogens (tertiary/aromatic N) is 4. The van der Waals surface area contributed by atoms with E-state index in [1.54, 1.807) is 13.4 Å². The summed E-state index contributed by atoms with van der Waals surface area (Å²) in [7, 11) is 1.69. The Kier molecular flexibility index (Phi) is 4.64. The van der Waals surface area contributed by atoms with Crippen LogP contribution in [-0.4, -0.2) is 34.7 Å². The van der Waals surface area contributed by atoms with Crippen molar-refractivity contribution in [1.29, 1.82) is 0 Å². The highest BCUT2D eigenvalue weighted by Crippen LogP contribution is 2.37. The van der Waals surface area contributed by atoms with Crippen LogP contribution in [0.1, 0.15) is 19.3 Å². The van der Waals surface area contributed by atoms with E-state index >= 15 is 0 Å². The highest BCUT2D eigenvalue weighted by atomic mass is 16.5. The lowest BCUT2D eigenvalue weighted by Crippen LogP contribution is -2.30. The molecule has 5 nitrogen and oxygen atoms in total. The Hall–Kier alpha value is -3.34. The van der Waals surface area contributed by atoms with Gasteiger partial charge < -0.3 is 14.2 Å². The Balaban J connectivity index is 1.74. The monoisotopic (exact) mass is 384 g/mol. The van der Waals surface area contributed by atoms with E-state index in [9.17, 15) is 0 Å². The fourth-order valence-corrected chi connectivity index (χ4v) is 4.17. The van der Waals surface area contributed by atoms with E-state index in [-0.39, 0.29) is 0 Å². The smallest absolute Gasteiger partial charge is 0.150 e. The fraction of sp³-hybridized carbons (Fsp3) is 0.250. The predicted octanol–water partition coefficient (Wildman–Crippen LogP) is 5.09. The van der Waals surface area contributed by atoms with Crippen molar-refractivity contribution in [3.8, 4) is 22.6 Å². The summed E-state index contributed by atoms with van der Waals surface area (Å²) in [6.07, 6.45) is 7.60. The second-order valence-corrected chi connectivity index (χ2v) is 7.42. The van der Waals surface area contributed by atoms with E-state index in [1.807, 2.05) is 18.2 Å². The Morgan fingerprint density at radius 3 is 2.34 bits per heavy atom. The van der Waals surface area contributed by atoms with Crippen molar-refractivity contribution in [2.75, 3.05) is 25.1 Å². The molecule has 1 saturated heterocycles. The lowest BCUT2D eigenvalue weighted by atomic mass is 10.1. The van der Waals surface area contributed by atoms with Gasteiger partial charge in [0.1, 0.15) is 17.9 Å². The van der Waals surface area contributed by atoms with Crippen molar-refractivity contribution in [3.05, 3.63) is 67.1 Å². The lowest BCUT2D eigenvalue weighted by Gasteiger charge is -2.28. The normalized spacial score (nSPS) is 14.3. The summed E-state index contributed by atoms with van der Waals surface area (Å²) < 4.78 is 7.48. The van der Waals surface area contributed by atoms with Crippen molar-refractivity contribution in [1.82, 2.24) is 14.5 Å². The number of rotatable bonds is 4. The zero-order chi connectivity index (χ0) is 19.6.